The zero-order valence-corrected chi connectivity index (χ0v) is 12.1. The van der Waals surface area contributed by atoms with Crippen molar-refractivity contribution >= 4 is 11.6 Å². The smallest absolute Gasteiger partial charge is 0.129 e. The van der Waals surface area contributed by atoms with E-state index in [1.54, 1.807) is 0 Å². The molecule has 0 saturated carbocycles. The molecule has 0 aliphatic carbocycles. The summed E-state index contributed by atoms with van der Waals surface area (Å²) in [7, 11) is 0. The molecular weight excluding hydrogens is 230 g/mol. The minimum absolute atomic E-state index is 0.364. The molecule has 2 heteroatoms. The Morgan fingerprint density at radius 3 is 2.53 bits per heavy atom. The third-order valence-electron chi connectivity index (χ3n) is 3.18. The number of nitrogens with zero attached hydrogens (tertiary/aromatic N) is 1. The molecule has 1 aromatic rings. The topological polar surface area (TPSA) is 12.9 Å². The first-order valence-electron chi connectivity index (χ1n) is 6.64. The van der Waals surface area contributed by atoms with Crippen LogP contribution in [-0.2, 0) is 6.42 Å². The number of aromatic nitrogens is 1. The minimum atomic E-state index is 0.364. The van der Waals surface area contributed by atoms with Crippen LogP contribution < -0.4 is 0 Å². The number of hydrogen-bond donors (Lipinski definition) is 0. The first-order valence-corrected chi connectivity index (χ1v) is 7.02. The van der Waals surface area contributed by atoms with Crippen molar-refractivity contribution in [2.75, 3.05) is 0 Å². The summed E-state index contributed by atoms with van der Waals surface area (Å²) >= 11 is 5.79. The Labute approximate surface area is 111 Å². The minimum Gasteiger partial charge on any atom is -0.244 e. The SMILES string of the molecule is CCCCCCC(C)(C)Cc1ccc(Cl)nc1. The van der Waals surface area contributed by atoms with E-state index in [1.165, 1.54) is 37.7 Å². The van der Waals surface area contributed by atoms with E-state index in [1.807, 2.05) is 12.3 Å². The van der Waals surface area contributed by atoms with Gasteiger partial charge < -0.3 is 0 Å². The molecule has 0 fully saturated rings. The predicted octanol–water partition coefficient (Wildman–Crippen LogP) is 5.27. The van der Waals surface area contributed by atoms with E-state index in [0.29, 0.717) is 10.6 Å². The Morgan fingerprint density at radius 1 is 1.18 bits per heavy atom. The fraction of sp³-hybridized carbons (Fsp3) is 0.667. The highest BCUT2D eigenvalue weighted by Gasteiger charge is 2.18. The van der Waals surface area contributed by atoms with Gasteiger partial charge in [-0.3, -0.25) is 0 Å². The normalized spacial score (nSPS) is 11.8. The van der Waals surface area contributed by atoms with E-state index in [0.717, 1.165) is 6.42 Å². The summed E-state index contributed by atoms with van der Waals surface area (Å²) in [6, 6.07) is 3.97. The molecule has 1 aromatic heterocycles. The summed E-state index contributed by atoms with van der Waals surface area (Å²) in [5.41, 5.74) is 1.65. The number of pyridine rings is 1. The molecule has 1 heterocycles. The molecule has 1 nitrogen and oxygen atoms in total. The molecule has 0 spiro atoms. The predicted molar refractivity (Wildman–Crippen MR) is 75.5 cm³/mol. The molecule has 96 valence electrons. The molecule has 0 saturated heterocycles. The van der Waals surface area contributed by atoms with Crippen LogP contribution in [0.1, 0.15) is 58.4 Å². The van der Waals surface area contributed by atoms with E-state index in [-0.39, 0.29) is 0 Å². The van der Waals surface area contributed by atoms with Gasteiger partial charge in [-0.1, -0.05) is 64.1 Å². The van der Waals surface area contributed by atoms with Gasteiger partial charge in [-0.25, -0.2) is 4.98 Å². The molecule has 0 aromatic carbocycles. The Hall–Kier alpha value is -0.560. The second kappa shape index (κ2) is 7.00. The molecule has 0 amide bonds. The number of halogens is 1. The van der Waals surface area contributed by atoms with E-state index < -0.39 is 0 Å². The van der Waals surface area contributed by atoms with Gasteiger partial charge in [0.05, 0.1) is 0 Å². The molecule has 0 N–H and O–H groups in total. The van der Waals surface area contributed by atoms with E-state index in [9.17, 15) is 0 Å². The standard InChI is InChI=1S/C15H24ClN/c1-4-5-6-7-10-15(2,3)11-13-8-9-14(16)17-12-13/h8-9,12H,4-7,10-11H2,1-3H3. The summed E-state index contributed by atoms with van der Waals surface area (Å²) in [5.74, 6) is 0. The molecule has 17 heavy (non-hydrogen) atoms. The lowest BCUT2D eigenvalue weighted by molar-refractivity contribution is 0.317. The van der Waals surface area contributed by atoms with Crippen LogP contribution in [0.2, 0.25) is 5.15 Å². The maximum absolute atomic E-state index is 5.79. The van der Waals surface area contributed by atoms with Gasteiger partial charge in [-0.2, -0.15) is 0 Å². The highest BCUT2D eigenvalue weighted by atomic mass is 35.5. The summed E-state index contributed by atoms with van der Waals surface area (Å²) < 4.78 is 0. The highest BCUT2D eigenvalue weighted by Crippen LogP contribution is 2.28. The summed E-state index contributed by atoms with van der Waals surface area (Å²) in [5, 5.41) is 0.578. The molecule has 0 bridgehead atoms. The lowest BCUT2D eigenvalue weighted by Gasteiger charge is -2.24. The Morgan fingerprint density at radius 2 is 1.94 bits per heavy atom. The molecule has 0 unspecified atom stereocenters. The fourth-order valence-corrected chi connectivity index (χ4v) is 2.29. The van der Waals surface area contributed by atoms with Crippen molar-refractivity contribution in [1.29, 1.82) is 0 Å². The van der Waals surface area contributed by atoms with Gasteiger partial charge in [0.15, 0.2) is 0 Å². The van der Waals surface area contributed by atoms with Gasteiger partial charge in [0.2, 0.25) is 0 Å². The van der Waals surface area contributed by atoms with Gasteiger partial charge >= 0.3 is 0 Å². The third kappa shape index (κ3) is 6.07. The lowest BCUT2D eigenvalue weighted by atomic mass is 9.81. The average molecular weight is 254 g/mol. The monoisotopic (exact) mass is 253 g/mol. The van der Waals surface area contributed by atoms with Gasteiger partial charge in [-0.15, -0.1) is 0 Å². The van der Waals surface area contributed by atoms with Crippen molar-refractivity contribution in [2.24, 2.45) is 5.41 Å². The fourth-order valence-electron chi connectivity index (χ4n) is 2.18. The van der Waals surface area contributed by atoms with E-state index in [4.69, 9.17) is 11.6 Å². The first kappa shape index (κ1) is 14.5. The third-order valence-corrected chi connectivity index (χ3v) is 3.40. The Balaban J connectivity index is 2.40. The van der Waals surface area contributed by atoms with Crippen molar-refractivity contribution in [2.45, 2.75) is 59.3 Å². The summed E-state index contributed by atoms with van der Waals surface area (Å²) in [6.45, 7) is 6.94. The van der Waals surface area contributed by atoms with Crippen LogP contribution in [0.25, 0.3) is 0 Å². The Kier molecular flexibility index (Phi) is 5.97. The van der Waals surface area contributed by atoms with Crippen molar-refractivity contribution < 1.29 is 0 Å². The largest absolute Gasteiger partial charge is 0.244 e. The highest BCUT2D eigenvalue weighted by molar-refractivity contribution is 6.29. The number of hydrogen-bond acceptors (Lipinski definition) is 1. The van der Waals surface area contributed by atoms with Crippen LogP contribution in [0.4, 0.5) is 0 Å². The second-order valence-corrected chi connectivity index (χ2v) is 6.03. The first-order chi connectivity index (χ1) is 8.03. The molecular formula is C15H24ClN. The lowest BCUT2D eigenvalue weighted by Crippen LogP contribution is -2.15. The van der Waals surface area contributed by atoms with Crippen LogP contribution in [-0.4, -0.2) is 4.98 Å². The zero-order chi connectivity index (χ0) is 12.7. The molecule has 0 aliphatic rings. The number of rotatable bonds is 7. The maximum atomic E-state index is 5.79. The Bertz CT molecular complexity index is 316. The van der Waals surface area contributed by atoms with Gasteiger partial charge in [0.25, 0.3) is 0 Å². The quantitative estimate of drug-likeness (QED) is 0.476. The van der Waals surface area contributed by atoms with Gasteiger partial charge in [-0.05, 0) is 29.9 Å². The van der Waals surface area contributed by atoms with E-state index in [2.05, 4.69) is 31.8 Å². The number of unbranched alkanes of at least 4 members (excludes halogenated alkanes) is 3. The summed E-state index contributed by atoms with van der Waals surface area (Å²) in [4.78, 5) is 4.14. The molecule has 0 radical (unpaired) electrons. The van der Waals surface area contributed by atoms with Crippen LogP contribution in [0.5, 0.6) is 0 Å². The molecule has 0 aliphatic heterocycles. The van der Waals surface area contributed by atoms with Crippen LogP contribution in [0.3, 0.4) is 0 Å². The van der Waals surface area contributed by atoms with E-state index >= 15 is 0 Å². The van der Waals surface area contributed by atoms with Crippen LogP contribution in [0, 0.1) is 5.41 Å². The van der Waals surface area contributed by atoms with Crippen molar-refractivity contribution in [3.8, 4) is 0 Å². The van der Waals surface area contributed by atoms with Crippen LogP contribution >= 0.6 is 11.6 Å². The van der Waals surface area contributed by atoms with Gasteiger partial charge in [0, 0.05) is 6.20 Å². The second-order valence-electron chi connectivity index (χ2n) is 5.64. The summed E-state index contributed by atoms with van der Waals surface area (Å²) in [6.07, 6.45) is 9.63. The maximum Gasteiger partial charge on any atom is 0.129 e. The zero-order valence-electron chi connectivity index (χ0n) is 11.3. The van der Waals surface area contributed by atoms with Crippen LogP contribution in [0.15, 0.2) is 18.3 Å². The van der Waals surface area contributed by atoms with Crippen molar-refractivity contribution in [3.05, 3.63) is 29.0 Å². The average Bonchev–Trinajstić information content (AvgIpc) is 2.27. The van der Waals surface area contributed by atoms with Crippen molar-refractivity contribution in [3.63, 3.8) is 0 Å². The molecule has 0 atom stereocenters. The molecule has 1 rings (SSSR count). The van der Waals surface area contributed by atoms with Crippen molar-refractivity contribution in [1.82, 2.24) is 4.98 Å². The van der Waals surface area contributed by atoms with Gasteiger partial charge in [0.1, 0.15) is 5.15 Å².